The average Bonchev–Trinajstić information content (AvgIpc) is 2.94. The molecule has 1 aliphatic carbocycles. The van der Waals surface area contributed by atoms with Crippen LogP contribution >= 0.6 is 0 Å². The molecule has 0 fully saturated rings. The number of benzene rings is 1. The Morgan fingerprint density at radius 1 is 1.46 bits per heavy atom. The van der Waals surface area contributed by atoms with Crippen LogP contribution < -0.4 is 10.5 Å². The topological polar surface area (TPSA) is 81.6 Å². The van der Waals surface area contributed by atoms with Crippen molar-refractivity contribution in [3.8, 4) is 5.75 Å². The Labute approximate surface area is 141 Å². The Hall–Kier alpha value is -2.63. The number of hydrogen-bond donors (Lipinski definition) is 1. The highest BCUT2D eigenvalue weighted by atomic mass is 16.5. The second-order valence-corrected chi connectivity index (χ2v) is 6.07. The van der Waals surface area contributed by atoms with Crippen molar-refractivity contribution in [1.82, 2.24) is 0 Å². The maximum atomic E-state index is 5.76. The number of rotatable bonds is 4. The van der Waals surface area contributed by atoms with Crippen LogP contribution in [0.5, 0.6) is 5.75 Å². The first-order valence-corrected chi connectivity index (χ1v) is 7.88. The second-order valence-electron chi connectivity index (χ2n) is 6.07. The molecular formula is C18H22N4O2. The molecule has 1 unspecified atom stereocenters. The monoisotopic (exact) mass is 326 g/mol. The number of hydrogen-bond acceptors (Lipinski definition) is 6. The molecule has 1 aliphatic heterocycles. The summed E-state index contributed by atoms with van der Waals surface area (Å²) in [6.07, 6.45) is 6.02. The van der Waals surface area contributed by atoms with Crippen LogP contribution in [0.25, 0.3) is 5.57 Å². The predicted molar refractivity (Wildman–Crippen MR) is 97.3 cm³/mol. The molecule has 1 spiro atoms. The molecule has 1 aromatic carbocycles. The van der Waals surface area contributed by atoms with Crippen molar-refractivity contribution in [3.05, 3.63) is 35.0 Å². The normalized spacial score (nSPS) is 23.1. The number of ether oxygens (including phenoxy) is 2. The molecule has 3 rings (SSSR count). The van der Waals surface area contributed by atoms with E-state index in [0.29, 0.717) is 6.61 Å². The standard InChI is InChI=1S/C18H22N4O2/c1-20-9-12(10-21-2)13-4-5-16(23-3)14-6-7-18(8-15(13)14)11-24-17(19)22-18/h4-5,9-10H,1,6-8,11H2,2-3H3,(H2,19,22). The number of fused-ring (bicyclic) bond motifs is 1. The molecule has 6 nitrogen and oxygen atoms in total. The van der Waals surface area contributed by atoms with E-state index in [1.165, 1.54) is 11.1 Å². The molecule has 1 heterocycles. The molecular weight excluding hydrogens is 304 g/mol. The van der Waals surface area contributed by atoms with Crippen LogP contribution in [0, 0.1) is 0 Å². The van der Waals surface area contributed by atoms with Crippen LogP contribution in [0.3, 0.4) is 0 Å². The molecule has 1 atom stereocenters. The van der Waals surface area contributed by atoms with Gasteiger partial charge in [0.2, 0.25) is 0 Å². The van der Waals surface area contributed by atoms with E-state index in [1.54, 1.807) is 26.6 Å². The molecule has 2 aliphatic rings. The molecule has 6 heteroatoms. The van der Waals surface area contributed by atoms with Crippen molar-refractivity contribution in [2.75, 3.05) is 20.8 Å². The van der Waals surface area contributed by atoms with E-state index in [2.05, 4.69) is 21.7 Å². The van der Waals surface area contributed by atoms with Gasteiger partial charge in [0.25, 0.3) is 6.02 Å². The molecule has 2 N–H and O–H groups in total. The molecule has 0 radical (unpaired) electrons. The summed E-state index contributed by atoms with van der Waals surface area (Å²) in [7, 11) is 3.44. The van der Waals surface area contributed by atoms with Crippen molar-refractivity contribution in [1.29, 1.82) is 0 Å². The van der Waals surface area contributed by atoms with Crippen molar-refractivity contribution < 1.29 is 9.47 Å². The Morgan fingerprint density at radius 2 is 2.29 bits per heavy atom. The van der Waals surface area contributed by atoms with Gasteiger partial charge in [-0.05, 0) is 42.3 Å². The van der Waals surface area contributed by atoms with Gasteiger partial charge >= 0.3 is 0 Å². The summed E-state index contributed by atoms with van der Waals surface area (Å²) in [5.74, 6) is 0.902. The van der Waals surface area contributed by atoms with Crippen molar-refractivity contribution in [2.45, 2.75) is 24.8 Å². The summed E-state index contributed by atoms with van der Waals surface area (Å²) in [4.78, 5) is 12.6. The van der Waals surface area contributed by atoms with Gasteiger partial charge in [-0.2, -0.15) is 0 Å². The zero-order valence-electron chi connectivity index (χ0n) is 14.1. The van der Waals surface area contributed by atoms with Crippen LogP contribution in [0.2, 0.25) is 0 Å². The van der Waals surface area contributed by atoms with Gasteiger partial charge in [-0.15, -0.1) is 0 Å². The first kappa shape index (κ1) is 16.2. The summed E-state index contributed by atoms with van der Waals surface area (Å²) in [5.41, 5.74) is 9.86. The Kier molecular flexibility index (Phi) is 4.38. The lowest BCUT2D eigenvalue weighted by atomic mass is 9.76. The second kappa shape index (κ2) is 6.47. The zero-order valence-corrected chi connectivity index (χ0v) is 14.1. The third-order valence-corrected chi connectivity index (χ3v) is 4.60. The van der Waals surface area contributed by atoms with E-state index >= 15 is 0 Å². The van der Waals surface area contributed by atoms with Crippen LogP contribution in [-0.2, 0) is 17.6 Å². The zero-order chi connectivity index (χ0) is 17.2. The number of methoxy groups -OCH3 is 1. The smallest absolute Gasteiger partial charge is 0.282 e. The molecule has 24 heavy (non-hydrogen) atoms. The highest BCUT2D eigenvalue weighted by Gasteiger charge is 2.41. The van der Waals surface area contributed by atoms with Gasteiger partial charge in [0, 0.05) is 31.5 Å². The Bertz CT molecular complexity index is 752. The fourth-order valence-electron chi connectivity index (χ4n) is 3.52. The minimum absolute atomic E-state index is 0.279. The lowest BCUT2D eigenvalue weighted by molar-refractivity contribution is 0.233. The largest absolute Gasteiger partial charge is 0.496 e. The summed E-state index contributed by atoms with van der Waals surface area (Å²) >= 11 is 0. The van der Waals surface area contributed by atoms with Gasteiger partial charge in [0.15, 0.2) is 0 Å². The van der Waals surface area contributed by atoms with E-state index in [4.69, 9.17) is 15.2 Å². The lowest BCUT2D eigenvalue weighted by Gasteiger charge is -2.32. The van der Waals surface area contributed by atoms with E-state index < -0.39 is 0 Å². The van der Waals surface area contributed by atoms with Crippen LogP contribution in [0.15, 0.2) is 33.3 Å². The number of nitrogens with two attached hydrogens (primary N) is 1. The lowest BCUT2D eigenvalue weighted by Crippen LogP contribution is -2.36. The van der Waals surface area contributed by atoms with Crippen molar-refractivity contribution in [3.63, 3.8) is 0 Å². The van der Waals surface area contributed by atoms with Crippen molar-refractivity contribution in [2.24, 2.45) is 20.7 Å². The van der Waals surface area contributed by atoms with Crippen LogP contribution in [0.1, 0.15) is 23.1 Å². The summed E-state index contributed by atoms with van der Waals surface area (Å²) < 4.78 is 11.0. The molecule has 0 saturated carbocycles. The minimum atomic E-state index is -0.283. The van der Waals surface area contributed by atoms with Gasteiger partial charge in [-0.25, -0.2) is 4.99 Å². The number of nitrogens with zero attached hydrogens (tertiary/aromatic N) is 3. The highest BCUT2D eigenvalue weighted by Crippen LogP contribution is 2.41. The number of amidine groups is 1. The molecule has 0 aromatic heterocycles. The number of aliphatic imine (C=N–C) groups is 3. The summed E-state index contributed by atoms with van der Waals surface area (Å²) in [6, 6.07) is 4.31. The average molecular weight is 326 g/mol. The van der Waals surface area contributed by atoms with Crippen LogP contribution in [-0.4, -0.2) is 45.3 Å². The first-order chi connectivity index (χ1) is 11.6. The molecule has 0 amide bonds. The molecule has 0 saturated heterocycles. The van der Waals surface area contributed by atoms with E-state index in [0.717, 1.165) is 36.1 Å². The molecule has 126 valence electrons. The third kappa shape index (κ3) is 2.79. The Morgan fingerprint density at radius 3 is 2.92 bits per heavy atom. The van der Waals surface area contributed by atoms with E-state index in [1.807, 2.05) is 12.1 Å². The SMILES string of the molecule is C=NC=C(C=NC)c1ccc(OC)c2c1CC1(CC2)COC(N)=N1. The van der Waals surface area contributed by atoms with Crippen LogP contribution in [0.4, 0.5) is 0 Å². The van der Waals surface area contributed by atoms with Gasteiger partial charge in [-0.1, -0.05) is 6.07 Å². The third-order valence-electron chi connectivity index (χ3n) is 4.60. The first-order valence-electron chi connectivity index (χ1n) is 7.88. The molecule has 0 bridgehead atoms. The van der Waals surface area contributed by atoms with E-state index in [9.17, 15) is 0 Å². The summed E-state index contributed by atoms with van der Waals surface area (Å²) in [5, 5.41) is 0. The quantitative estimate of drug-likeness (QED) is 0.859. The maximum Gasteiger partial charge on any atom is 0.282 e. The fraction of sp³-hybridized carbons (Fsp3) is 0.389. The highest BCUT2D eigenvalue weighted by molar-refractivity contribution is 6.10. The van der Waals surface area contributed by atoms with Crippen molar-refractivity contribution >= 4 is 24.5 Å². The van der Waals surface area contributed by atoms with Gasteiger partial charge in [-0.3, -0.25) is 9.98 Å². The number of allylic oxidation sites excluding steroid dienone is 1. The van der Waals surface area contributed by atoms with Gasteiger partial charge in [0.05, 0.1) is 7.11 Å². The molecule has 1 aromatic rings. The summed E-state index contributed by atoms with van der Waals surface area (Å²) in [6.45, 7) is 4.09. The van der Waals surface area contributed by atoms with E-state index in [-0.39, 0.29) is 11.6 Å². The maximum absolute atomic E-state index is 5.76. The fourth-order valence-corrected chi connectivity index (χ4v) is 3.52. The Balaban J connectivity index is 2.13. The predicted octanol–water partition coefficient (Wildman–Crippen LogP) is 2.01. The minimum Gasteiger partial charge on any atom is -0.496 e. The van der Waals surface area contributed by atoms with Gasteiger partial charge in [0.1, 0.15) is 17.9 Å². The van der Waals surface area contributed by atoms with Gasteiger partial charge < -0.3 is 15.2 Å².